The molecule has 2 N–H and O–H groups in total. The van der Waals surface area contributed by atoms with Crippen LogP contribution in [0.3, 0.4) is 0 Å². The van der Waals surface area contributed by atoms with Crippen molar-refractivity contribution in [2.75, 3.05) is 18.8 Å². The van der Waals surface area contributed by atoms with Crippen LogP contribution in [0.25, 0.3) is 32.2 Å². The highest BCUT2D eigenvalue weighted by Gasteiger charge is 2.26. The van der Waals surface area contributed by atoms with Crippen LogP contribution in [0.1, 0.15) is 42.9 Å². The Bertz CT molecular complexity index is 1640. The van der Waals surface area contributed by atoms with Gasteiger partial charge in [-0.25, -0.2) is 19.4 Å². The summed E-state index contributed by atoms with van der Waals surface area (Å²) < 4.78 is 8.52. The fourth-order valence-corrected chi connectivity index (χ4v) is 6.90. The van der Waals surface area contributed by atoms with Gasteiger partial charge in [-0.05, 0) is 73.6 Å². The second-order valence-corrected chi connectivity index (χ2v) is 11.3. The number of nitrogen functional groups attached to an aromatic ring is 1. The summed E-state index contributed by atoms with van der Waals surface area (Å²) in [6, 6.07) is 11.6. The highest BCUT2D eigenvalue weighted by atomic mass is 127. The van der Waals surface area contributed by atoms with Crippen molar-refractivity contribution in [2.24, 2.45) is 0 Å². The second-order valence-electron chi connectivity index (χ2n) is 9.15. The summed E-state index contributed by atoms with van der Waals surface area (Å²) >= 11 is 3.90. The van der Waals surface area contributed by atoms with Gasteiger partial charge in [0, 0.05) is 27.2 Å². The smallest absolute Gasteiger partial charge is 0.343 e. The Morgan fingerprint density at radius 2 is 1.86 bits per heavy atom. The maximum absolute atomic E-state index is 13.1. The number of piperidine rings is 1. The molecule has 6 rings (SSSR count). The fourth-order valence-electron chi connectivity index (χ4n) is 5.04. The fraction of sp³-hybridized carbons (Fsp3) is 0.308. The van der Waals surface area contributed by atoms with Crippen LogP contribution in [0.5, 0.6) is 0 Å². The molecule has 0 saturated carbocycles. The molecule has 11 heteroatoms. The van der Waals surface area contributed by atoms with Gasteiger partial charge in [0.25, 0.3) is 0 Å². The molecule has 0 aliphatic carbocycles. The Morgan fingerprint density at radius 1 is 1.11 bits per heavy atom. The Hall–Kier alpha value is -2.54. The first-order chi connectivity index (χ1) is 17.5. The quantitative estimate of drug-likeness (QED) is 0.238. The predicted octanol–water partition coefficient (Wildman–Crippen LogP) is 5.87. The Labute approximate surface area is 237 Å². The maximum atomic E-state index is 13.1. The summed E-state index contributed by atoms with van der Waals surface area (Å²) in [5.41, 5.74) is 7.30. The minimum atomic E-state index is -0.398. The van der Waals surface area contributed by atoms with E-state index in [9.17, 15) is 4.79 Å². The van der Waals surface area contributed by atoms with Crippen molar-refractivity contribution in [1.82, 2.24) is 24.6 Å². The molecule has 1 aromatic carbocycles. The third kappa shape index (κ3) is 4.75. The lowest BCUT2D eigenvalue weighted by Crippen LogP contribution is -2.28. The van der Waals surface area contributed by atoms with Crippen molar-refractivity contribution in [1.29, 1.82) is 0 Å². The van der Waals surface area contributed by atoms with E-state index in [0.717, 1.165) is 35.5 Å². The number of anilines is 1. The Balaban J connectivity index is 0.00000280. The van der Waals surface area contributed by atoms with Crippen molar-refractivity contribution >= 4 is 74.0 Å². The van der Waals surface area contributed by atoms with Crippen LogP contribution in [0.2, 0.25) is 0 Å². The first-order valence-corrected chi connectivity index (χ1v) is 13.9. The summed E-state index contributed by atoms with van der Waals surface area (Å²) in [6.07, 6.45) is 5.28. The number of nitrogens with zero attached hydrogens (tertiary/aromatic N) is 5. The van der Waals surface area contributed by atoms with Crippen LogP contribution in [-0.4, -0.2) is 37.7 Å². The van der Waals surface area contributed by atoms with E-state index in [0.29, 0.717) is 31.7 Å². The number of halogens is 2. The highest BCUT2D eigenvalue weighted by molar-refractivity contribution is 14.1. The zero-order chi connectivity index (χ0) is 24.8. The SMILES string of the molecule is CC(c1oc(=O)c2ccccc2c1-c1ccc(CN2CCCCC2)s1)n1nc(I)c2c(N)ncnc21.Cl. The number of hydrogen-bond acceptors (Lipinski definition) is 8. The van der Waals surface area contributed by atoms with Crippen LogP contribution in [0, 0.1) is 3.70 Å². The van der Waals surface area contributed by atoms with Gasteiger partial charge in [-0.15, -0.1) is 23.7 Å². The molecule has 192 valence electrons. The number of thiophene rings is 1. The van der Waals surface area contributed by atoms with Crippen molar-refractivity contribution in [3.63, 3.8) is 0 Å². The summed E-state index contributed by atoms with van der Waals surface area (Å²) in [6.45, 7) is 5.21. The number of hydrogen-bond donors (Lipinski definition) is 1. The molecule has 37 heavy (non-hydrogen) atoms. The molecular formula is C26H26ClIN6O2S. The molecule has 1 fully saturated rings. The van der Waals surface area contributed by atoms with E-state index in [4.69, 9.17) is 15.2 Å². The van der Waals surface area contributed by atoms with Crippen LogP contribution in [0.4, 0.5) is 5.82 Å². The van der Waals surface area contributed by atoms with Crippen LogP contribution < -0.4 is 11.4 Å². The van der Waals surface area contributed by atoms with Gasteiger partial charge in [0.15, 0.2) is 5.65 Å². The van der Waals surface area contributed by atoms with E-state index in [1.807, 2.05) is 31.2 Å². The van der Waals surface area contributed by atoms with Gasteiger partial charge in [-0.3, -0.25) is 4.90 Å². The molecular weight excluding hydrogens is 623 g/mol. The lowest BCUT2D eigenvalue weighted by atomic mass is 10.0. The maximum Gasteiger partial charge on any atom is 0.343 e. The van der Waals surface area contributed by atoms with Gasteiger partial charge in [-0.2, -0.15) is 5.10 Å². The molecule has 0 bridgehead atoms. The van der Waals surface area contributed by atoms with Gasteiger partial charge in [-0.1, -0.05) is 24.6 Å². The standard InChI is InChI=1S/C26H25IN6O2S.ClH/c1-15(33-25-21(23(27)31-33)24(28)29-14-30-25)22-20(17-7-3-4-8-18(17)26(34)35-22)19-10-9-16(36-19)13-32-11-5-2-6-12-32;/h3-4,7-10,14-15H,2,5-6,11-13H2,1H3,(H2,28,29,30);1H. The molecule has 8 nitrogen and oxygen atoms in total. The molecule has 1 aliphatic rings. The molecule has 5 heterocycles. The molecule has 1 aliphatic heterocycles. The predicted molar refractivity (Wildman–Crippen MR) is 158 cm³/mol. The van der Waals surface area contributed by atoms with E-state index >= 15 is 0 Å². The third-order valence-corrected chi connectivity index (χ3v) is 8.67. The third-order valence-electron chi connectivity index (χ3n) is 6.82. The first-order valence-electron chi connectivity index (χ1n) is 12.0. The number of rotatable bonds is 5. The number of aromatic nitrogens is 4. The van der Waals surface area contributed by atoms with Crippen molar-refractivity contribution in [3.8, 4) is 10.4 Å². The first kappa shape index (κ1) is 26.1. The zero-order valence-corrected chi connectivity index (χ0v) is 24.0. The van der Waals surface area contributed by atoms with E-state index < -0.39 is 6.04 Å². The molecule has 0 radical (unpaired) electrons. The number of benzene rings is 1. The molecule has 1 atom stereocenters. The summed E-state index contributed by atoms with van der Waals surface area (Å²) in [5.74, 6) is 0.937. The monoisotopic (exact) mass is 648 g/mol. The number of likely N-dealkylation sites (tertiary alicyclic amines) is 1. The second kappa shape index (κ2) is 10.7. The number of nitrogens with two attached hydrogens (primary N) is 1. The van der Waals surface area contributed by atoms with Crippen LogP contribution >= 0.6 is 46.3 Å². The van der Waals surface area contributed by atoms with Crippen molar-refractivity contribution < 1.29 is 4.42 Å². The minimum Gasteiger partial charge on any atom is -0.424 e. The summed E-state index contributed by atoms with van der Waals surface area (Å²) in [7, 11) is 0. The summed E-state index contributed by atoms with van der Waals surface area (Å²) in [5, 5.41) is 6.86. The molecule has 1 saturated heterocycles. The average Bonchev–Trinajstić information content (AvgIpc) is 3.49. The topological polar surface area (TPSA) is 103 Å². The lowest BCUT2D eigenvalue weighted by molar-refractivity contribution is 0.222. The molecule has 0 amide bonds. The van der Waals surface area contributed by atoms with Crippen molar-refractivity contribution in [3.05, 3.63) is 67.5 Å². The van der Waals surface area contributed by atoms with Gasteiger partial charge in [0.05, 0.1) is 10.8 Å². The summed E-state index contributed by atoms with van der Waals surface area (Å²) in [4.78, 5) is 26.5. The highest BCUT2D eigenvalue weighted by Crippen LogP contribution is 2.40. The molecule has 1 unspecified atom stereocenters. The molecule has 5 aromatic rings. The average molecular weight is 649 g/mol. The Morgan fingerprint density at radius 3 is 2.65 bits per heavy atom. The van der Waals surface area contributed by atoms with Gasteiger partial charge < -0.3 is 10.2 Å². The largest absolute Gasteiger partial charge is 0.424 e. The van der Waals surface area contributed by atoms with E-state index in [1.54, 1.807) is 16.0 Å². The number of fused-ring (bicyclic) bond motifs is 2. The van der Waals surface area contributed by atoms with E-state index in [2.05, 4.69) is 49.6 Å². The van der Waals surface area contributed by atoms with Gasteiger partial charge >= 0.3 is 5.63 Å². The Kier molecular flexibility index (Phi) is 7.53. The normalized spacial score (nSPS) is 15.2. The molecule has 4 aromatic heterocycles. The van der Waals surface area contributed by atoms with Crippen molar-refractivity contribution in [2.45, 2.75) is 38.8 Å². The zero-order valence-electron chi connectivity index (χ0n) is 20.2. The minimum absolute atomic E-state index is 0. The van der Waals surface area contributed by atoms with Gasteiger partial charge in [0.2, 0.25) is 0 Å². The van der Waals surface area contributed by atoms with Gasteiger partial charge in [0.1, 0.15) is 27.6 Å². The van der Waals surface area contributed by atoms with E-state index in [-0.39, 0.29) is 18.0 Å². The molecule has 0 spiro atoms. The van der Waals surface area contributed by atoms with Crippen LogP contribution in [0.15, 0.2) is 51.9 Å². The van der Waals surface area contributed by atoms with Crippen LogP contribution in [-0.2, 0) is 6.54 Å². The lowest BCUT2D eigenvalue weighted by Gasteiger charge is -2.25. The van der Waals surface area contributed by atoms with E-state index in [1.165, 1.54) is 30.5 Å².